The fourth-order valence-electron chi connectivity index (χ4n) is 1.75. The van der Waals surface area contributed by atoms with Gasteiger partial charge in [-0.05, 0) is 41.5 Å². The maximum atomic E-state index is 11.7. The molecule has 2 aromatic rings. The number of carbonyl (C=O) groups excluding carboxylic acids is 2. The van der Waals surface area contributed by atoms with Crippen molar-refractivity contribution in [3.05, 3.63) is 70.8 Å². The van der Waals surface area contributed by atoms with Crippen LogP contribution >= 0.6 is 11.6 Å². The standard InChI is InChI=1S/C17H15ClN2O3/c18-14-6-1-12(2-7-14)5-10-16(21)23-15-8-3-13(4-9-15)11-20-17(19)22/h1-10H,11H2,(H3,19,20,22)/b10-5+. The van der Waals surface area contributed by atoms with Gasteiger partial charge in [-0.3, -0.25) is 0 Å². The van der Waals surface area contributed by atoms with E-state index in [4.69, 9.17) is 22.1 Å². The number of benzene rings is 2. The Morgan fingerprint density at radius 1 is 1.09 bits per heavy atom. The summed E-state index contributed by atoms with van der Waals surface area (Å²) in [6, 6.07) is 13.3. The normalized spacial score (nSPS) is 10.5. The predicted octanol–water partition coefficient (Wildman–Crippen LogP) is 3.13. The van der Waals surface area contributed by atoms with E-state index >= 15 is 0 Å². The van der Waals surface area contributed by atoms with Gasteiger partial charge in [-0.15, -0.1) is 0 Å². The van der Waals surface area contributed by atoms with Crippen LogP contribution < -0.4 is 15.8 Å². The predicted molar refractivity (Wildman–Crippen MR) is 89.0 cm³/mol. The molecule has 2 rings (SSSR count). The molecule has 5 nitrogen and oxygen atoms in total. The van der Waals surface area contributed by atoms with Crippen molar-refractivity contribution in [1.29, 1.82) is 0 Å². The number of nitrogens with two attached hydrogens (primary N) is 1. The maximum absolute atomic E-state index is 11.7. The Labute approximate surface area is 138 Å². The van der Waals surface area contributed by atoms with Gasteiger partial charge in [-0.1, -0.05) is 35.9 Å². The minimum atomic E-state index is -0.590. The zero-order valence-electron chi connectivity index (χ0n) is 12.2. The van der Waals surface area contributed by atoms with Gasteiger partial charge in [0.25, 0.3) is 0 Å². The van der Waals surface area contributed by atoms with E-state index in [1.165, 1.54) is 6.08 Å². The highest BCUT2D eigenvalue weighted by Crippen LogP contribution is 2.14. The Morgan fingerprint density at radius 2 is 1.74 bits per heavy atom. The summed E-state index contributed by atoms with van der Waals surface area (Å²) in [7, 11) is 0. The van der Waals surface area contributed by atoms with Crippen molar-refractivity contribution in [2.45, 2.75) is 6.54 Å². The summed E-state index contributed by atoms with van der Waals surface area (Å²) < 4.78 is 5.18. The number of hydrogen-bond donors (Lipinski definition) is 2. The van der Waals surface area contributed by atoms with Gasteiger partial charge < -0.3 is 15.8 Å². The highest BCUT2D eigenvalue weighted by atomic mass is 35.5. The number of hydrogen-bond acceptors (Lipinski definition) is 3. The molecule has 0 saturated carbocycles. The van der Waals surface area contributed by atoms with Crippen molar-refractivity contribution in [1.82, 2.24) is 5.32 Å². The summed E-state index contributed by atoms with van der Waals surface area (Å²) in [5, 5.41) is 3.11. The Kier molecular flexibility index (Phi) is 5.77. The fourth-order valence-corrected chi connectivity index (χ4v) is 1.88. The number of rotatable bonds is 5. The van der Waals surface area contributed by atoms with E-state index in [1.54, 1.807) is 54.6 Å². The van der Waals surface area contributed by atoms with E-state index in [-0.39, 0.29) is 0 Å². The number of carbonyl (C=O) groups is 2. The first-order valence-electron chi connectivity index (χ1n) is 6.80. The summed E-state index contributed by atoms with van der Waals surface area (Å²) in [5.74, 6) is -0.0680. The van der Waals surface area contributed by atoms with Gasteiger partial charge in [0.2, 0.25) is 0 Å². The molecular formula is C17H15ClN2O3. The van der Waals surface area contributed by atoms with Crippen LogP contribution in [0, 0.1) is 0 Å². The average molecular weight is 331 g/mol. The molecule has 2 amide bonds. The van der Waals surface area contributed by atoms with E-state index in [9.17, 15) is 9.59 Å². The molecule has 3 N–H and O–H groups in total. The number of primary amides is 1. The molecule has 0 aromatic heterocycles. The topological polar surface area (TPSA) is 81.4 Å². The molecule has 0 bridgehead atoms. The first kappa shape index (κ1) is 16.6. The molecule has 0 atom stereocenters. The first-order chi connectivity index (χ1) is 11.0. The Bertz CT molecular complexity index is 710. The number of nitrogens with one attached hydrogen (secondary N) is 1. The number of ether oxygens (including phenoxy) is 1. The second kappa shape index (κ2) is 8.00. The molecule has 0 saturated heterocycles. The highest BCUT2D eigenvalue weighted by molar-refractivity contribution is 6.30. The second-order valence-corrected chi connectivity index (χ2v) is 5.10. The third kappa shape index (κ3) is 5.84. The van der Waals surface area contributed by atoms with Gasteiger partial charge in [0.1, 0.15) is 5.75 Å². The quantitative estimate of drug-likeness (QED) is 0.502. The van der Waals surface area contributed by atoms with Crippen molar-refractivity contribution in [2.24, 2.45) is 5.73 Å². The fraction of sp³-hybridized carbons (Fsp3) is 0.0588. The monoisotopic (exact) mass is 330 g/mol. The third-order valence-corrected chi connectivity index (χ3v) is 3.14. The lowest BCUT2D eigenvalue weighted by Crippen LogP contribution is -2.28. The molecule has 6 heteroatoms. The van der Waals surface area contributed by atoms with Gasteiger partial charge in [0.05, 0.1) is 0 Å². The zero-order valence-corrected chi connectivity index (χ0v) is 12.9. The summed E-state index contributed by atoms with van der Waals surface area (Å²) in [6.45, 7) is 0.319. The lowest BCUT2D eigenvalue weighted by atomic mass is 10.2. The number of amides is 2. The summed E-state index contributed by atoms with van der Waals surface area (Å²) in [5.41, 5.74) is 6.69. The van der Waals surface area contributed by atoms with Crippen LogP contribution in [0.5, 0.6) is 5.75 Å². The molecule has 118 valence electrons. The molecule has 0 spiro atoms. The molecule has 0 aliphatic rings. The molecule has 23 heavy (non-hydrogen) atoms. The summed E-state index contributed by atoms with van der Waals surface area (Å²) >= 11 is 5.79. The Morgan fingerprint density at radius 3 is 2.35 bits per heavy atom. The van der Waals surface area contributed by atoms with Crippen LogP contribution in [0.3, 0.4) is 0 Å². The molecule has 0 aliphatic carbocycles. The van der Waals surface area contributed by atoms with Crippen LogP contribution in [0.4, 0.5) is 4.79 Å². The molecular weight excluding hydrogens is 316 g/mol. The Balaban J connectivity index is 1.89. The molecule has 0 heterocycles. The van der Waals surface area contributed by atoms with E-state index in [1.807, 2.05) is 0 Å². The van der Waals surface area contributed by atoms with Crippen molar-refractivity contribution >= 4 is 29.7 Å². The molecule has 2 aromatic carbocycles. The lowest BCUT2D eigenvalue weighted by Gasteiger charge is -2.04. The minimum absolute atomic E-state index is 0.319. The van der Waals surface area contributed by atoms with Gasteiger partial charge >= 0.3 is 12.0 Å². The largest absolute Gasteiger partial charge is 0.423 e. The molecule has 0 aliphatic heterocycles. The van der Waals surface area contributed by atoms with E-state index in [2.05, 4.69) is 5.32 Å². The number of halogens is 1. The van der Waals surface area contributed by atoms with Crippen molar-refractivity contribution in [3.63, 3.8) is 0 Å². The van der Waals surface area contributed by atoms with E-state index in [0.29, 0.717) is 17.3 Å². The van der Waals surface area contributed by atoms with E-state index < -0.39 is 12.0 Å². The molecule has 0 unspecified atom stereocenters. The van der Waals surface area contributed by atoms with Gasteiger partial charge in [0.15, 0.2) is 0 Å². The van der Waals surface area contributed by atoms with Gasteiger partial charge in [-0.25, -0.2) is 9.59 Å². The minimum Gasteiger partial charge on any atom is -0.423 e. The van der Waals surface area contributed by atoms with Crippen molar-refractivity contribution in [2.75, 3.05) is 0 Å². The zero-order chi connectivity index (χ0) is 16.7. The van der Waals surface area contributed by atoms with Crippen LogP contribution in [0.25, 0.3) is 6.08 Å². The van der Waals surface area contributed by atoms with Crippen LogP contribution in [0.2, 0.25) is 5.02 Å². The third-order valence-electron chi connectivity index (χ3n) is 2.89. The molecule has 0 radical (unpaired) electrons. The molecule has 0 fully saturated rings. The van der Waals surface area contributed by atoms with Gasteiger partial charge in [0, 0.05) is 17.6 Å². The second-order valence-electron chi connectivity index (χ2n) is 4.67. The first-order valence-corrected chi connectivity index (χ1v) is 7.18. The number of urea groups is 1. The Hall–Kier alpha value is -2.79. The average Bonchev–Trinajstić information content (AvgIpc) is 2.53. The number of esters is 1. The van der Waals surface area contributed by atoms with Gasteiger partial charge in [-0.2, -0.15) is 0 Å². The van der Waals surface area contributed by atoms with Crippen molar-refractivity contribution in [3.8, 4) is 5.75 Å². The summed E-state index contributed by atoms with van der Waals surface area (Å²) in [6.07, 6.45) is 2.98. The van der Waals surface area contributed by atoms with Crippen LogP contribution in [0.15, 0.2) is 54.6 Å². The summed E-state index contributed by atoms with van der Waals surface area (Å²) in [4.78, 5) is 22.4. The van der Waals surface area contributed by atoms with Crippen LogP contribution in [0.1, 0.15) is 11.1 Å². The highest BCUT2D eigenvalue weighted by Gasteiger charge is 2.01. The SMILES string of the molecule is NC(=O)NCc1ccc(OC(=O)/C=C/c2ccc(Cl)cc2)cc1. The van der Waals surface area contributed by atoms with Crippen LogP contribution in [-0.2, 0) is 11.3 Å². The maximum Gasteiger partial charge on any atom is 0.336 e. The lowest BCUT2D eigenvalue weighted by molar-refractivity contribution is -0.128. The van der Waals surface area contributed by atoms with Crippen LogP contribution in [-0.4, -0.2) is 12.0 Å². The van der Waals surface area contributed by atoms with E-state index in [0.717, 1.165) is 11.1 Å². The smallest absolute Gasteiger partial charge is 0.336 e. The van der Waals surface area contributed by atoms with Crippen molar-refractivity contribution < 1.29 is 14.3 Å².